The van der Waals surface area contributed by atoms with Gasteiger partial charge in [-0.3, -0.25) is 4.79 Å². The van der Waals surface area contributed by atoms with Gasteiger partial charge in [0.1, 0.15) is 12.4 Å². The molecule has 3 aromatic carbocycles. The highest BCUT2D eigenvalue weighted by atomic mass is 79.9. The quantitative estimate of drug-likeness (QED) is 0.349. The molecule has 0 saturated carbocycles. The number of hydrazone groups is 1. The maximum Gasteiger partial charge on any atom is 0.280 e. The van der Waals surface area contributed by atoms with Crippen molar-refractivity contribution in [1.29, 1.82) is 5.26 Å². The summed E-state index contributed by atoms with van der Waals surface area (Å²) < 4.78 is 6.97. The van der Waals surface area contributed by atoms with E-state index in [0.29, 0.717) is 23.3 Å². The summed E-state index contributed by atoms with van der Waals surface area (Å²) in [5, 5.41) is 15.4. The van der Waals surface area contributed by atoms with Crippen molar-refractivity contribution in [2.75, 3.05) is 5.01 Å². The van der Waals surface area contributed by atoms with Gasteiger partial charge in [0.25, 0.3) is 5.91 Å². The smallest absolute Gasteiger partial charge is 0.280 e. The van der Waals surface area contributed by atoms with Gasteiger partial charge in [-0.2, -0.15) is 15.4 Å². The van der Waals surface area contributed by atoms with Crippen molar-refractivity contribution in [3.8, 4) is 11.8 Å². The van der Waals surface area contributed by atoms with E-state index in [2.05, 4.69) is 34.0 Å². The highest BCUT2D eigenvalue weighted by Crippen LogP contribution is 2.31. The molecule has 0 radical (unpaired) electrons. The lowest BCUT2D eigenvalue weighted by Gasteiger charge is -2.13. The Kier molecular flexibility index (Phi) is 7.01. The molecule has 1 amide bonds. The topological polar surface area (TPSA) is 65.7 Å². The normalized spacial score (nSPS) is 14.3. The number of para-hydroxylation sites is 1. The third-order valence-corrected chi connectivity index (χ3v) is 5.73. The van der Waals surface area contributed by atoms with Gasteiger partial charge in [0, 0.05) is 15.6 Å². The summed E-state index contributed by atoms with van der Waals surface area (Å²) in [4.78, 5) is 13.3. The lowest BCUT2D eigenvalue weighted by Crippen LogP contribution is -2.21. The molecule has 1 heterocycles. The zero-order valence-electron chi connectivity index (χ0n) is 18.2. The number of ether oxygens (including phenoxy) is 1. The van der Waals surface area contributed by atoms with E-state index in [1.54, 1.807) is 6.07 Å². The molecule has 164 valence electrons. The fraction of sp³-hybridized carbons (Fsp3) is 0.148. The fourth-order valence-electron chi connectivity index (χ4n) is 3.60. The Morgan fingerprint density at radius 3 is 2.61 bits per heavy atom. The van der Waals surface area contributed by atoms with E-state index in [9.17, 15) is 10.1 Å². The predicted molar refractivity (Wildman–Crippen MR) is 134 cm³/mol. The van der Waals surface area contributed by atoms with Gasteiger partial charge in [-0.05, 0) is 48.9 Å². The molecule has 0 atom stereocenters. The van der Waals surface area contributed by atoms with Crippen molar-refractivity contribution in [1.82, 2.24) is 0 Å². The van der Waals surface area contributed by atoms with Gasteiger partial charge in [0.2, 0.25) is 0 Å². The first kappa shape index (κ1) is 22.5. The Bertz CT molecular complexity index is 1280. The van der Waals surface area contributed by atoms with Gasteiger partial charge in [0.05, 0.1) is 28.6 Å². The second-order valence-electron chi connectivity index (χ2n) is 7.55. The van der Waals surface area contributed by atoms with Crippen molar-refractivity contribution >= 4 is 39.3 Å². The van der Waals surface area contributed by atoms with Gasteiger partial charge in [-0.15, -0.1) is 0 Å². The van der Waals surface area contributed by atoms with Crippen LogP contribution in [0.1, 0.15) is 36.5 Å². The van der Waals surface area contributed by atoms with Gasteiger partial charge in [-0.1, -0.05) is 65.7 Å². The highest BCUT2D eigenvalue weighted by molar-refractivity contribution is 9.10. The second kappa shape index (κ2) is 10.3. The Labute approximate surface area is 201 Å². The summed E-state index contributed by atoms with van der Waals surface area (Å²) in [6, 6.07) is 24.6. The number of halogens is 1. The fourth-order valence-corrected chi connectivity index (χ4v) is 3.98. The van der Waals surface area contributed by atoms with Crippen molar-refractivity contribution in [3.63, 3.8) is 0 Å². The predicted octanol–water partition coefficient (Wildman–Crippen LogP) is 6.49. The van der Waals surface area contributed by atoms with Crippen LogP contribution in [0.3, 0.4) is 0 Å². The van der Waals surface area contributed by atoms with Crippen LogP contribution < -0.4 is 9.75 Å². The van der Waals surface area contributed by atoms with Crippen molar-refractivity contribution < 1.29 is 9.53 Å². The molecule has 4 rings (SSSR count). The van der Waals surface area contributed by atoms with Gasteiger partial charge in [0.15, 0.2) is 0 Å². The zero-order chi connectivity index (χ0) is 23.2. The summed E-state index contributed by atoms with van der Waals surface area (Å²) in [6.07, 6.45) is 3.41. The number of anilines is 1. The van der Waals surface area contributed by atoms with Gasteiger partial charge in [-0.25, -0.2) is 0 Å². The van der Waals surface area contributed by atoms with E-state index in [-0.39, 0.29) is 12.5 Å². The molecule has 0 aliphatic carbocycles. The minimum absolute atomic E-state index is 0.162. The Hall–Kier alpha value is -3.69. The van der Waals surface area contributed by atoms with Gasteiger partial charge >= 0.3 is 0 Å². The van der Waals surface area contributed by atoms with Crippen LogP contribution in [0.2, 0.25) is 0 Å². The lowest BCUT2D eigenvalue weighted by molar-refractivity contribution is -0.114. The zero-order valence-corrected chi connectivity index (χ0v) is 19.7. The van der Waals surface area contributed by atoms with Crippen molar-refractivity contribution in [3.05, 3.63) is 99.5 Å². The van der Waals surface area contributed by atoms with Crippen LogP contribution in [-0.4, -0.2) is 11.6 Å². The molecule has 1 aliphatic rings. The first-order valence-corrected chi connectivity index (χ1v) is 11.5. The summed E-state index contributed by atoms with van der Waals surface area (Å²) in [6.45, 7) is 2.32. The van der Waals surface area contributed by atoms with Crippen LogP contribution in [0.5, 0.6) is 5.75 Å². The van der Waals surface area contributed by atoms with Crippen LogP contribution in [0, 0.1) is 11.3 Å². The van der Waals surface area contributed by atoms with E-state index >= 15 is 0 Å². The third kappa shape index (κ3) is 5.05. The van der Waals surface area contributed by atoms with E-state index in [1.807, 2.05) is 72.8 Å². The minimum atomic E-state index is -0.162. The summed E-state index contributed by atoms with van der Waals surface area (Å²) in [5.74, 6) is 0.464. The summed E-state index contributed by atoms with van der Waals surface area (Å²) >= 11 is 3.52. The minimum Gasteiger partial charge on any atom is -0.488 e. The molecular formula is C27H22BrN3O2. The first-order valence-electron chi connectivity index (χ1n) is 10.7. The summed E-state index contributed by atoms with van der Waals surface area (Å²) in [7, 11) is 0. The molecule has 1 aliphatic heterocycles. The maximum absolute atomic E-state index is 13.3. The maximum atomic E-state index is 13.3. The second-order valence-corrected chi connectivity index (χ2v) is 8.46. The largest absolute Gasteiger partial charge is 0.488 e. The van der Waals surface area contributed by atoms with Crippen LogP contribution in [0.4, 0.5) is 5.69 Å². The molecule has 0 aromatic heterocycles. The SMILES string of the molecule is CCCC1=NN(c2ccccc2)C(=O)/C1=C\c1cc(Br)ccc1OCc1ccccc1C#N. The van der Waals surface area contributed by atoms with Gasteiger partial charge < -0.3 is 4.74 Å². The molecule has 0 saturated heterocycles. The number of rotatable bonds is 7. The van der Waals surface area contributed by atoms with Crippen LogP contribution >= 0.6 is 15.9 Å². The molecule has 0 spiro atoms. The Morgan fingerprint density at radius 1 is 1.09 bits per heavy atom. The number of benzene rings is 3. The van der Waals surface area contributed by atoms with Crippen molar-refractivity contribution in [2.24, 2.45) is 5.10 Å². The molecule has 0 fully saturated rings. The third-order valence-electron chi connectivity index (χ3n) is 5.23. The lowest BCUT2D eigenvalue weighted by atomic mass is 10.0. The standard InChI is InChI=1S/C27H22BrN3O2/c1-2-8-25-24(27(32)31(30-25)23-11-4-3-5-12-23)16-21-15-22(28)13-14-26(21)33-18-20-10-7-6-9-19(20)17-29/h3-7,9-16H,2,8,18H2,1H3/b24-16-. The van der Waals surface area contributed by atoms with Crippen molar-refractivity contribution in [2.45, 2.75) is 26.4 Å². The van der Waals surface area contributed by atoms with Crippen LogP contribution in [-0.2, 0) is 11.4 Å². The molecule has 33 heavy (non-hydrogen) atoms. The summed E-state index contributed by atoms with van der Waals surface area (Å²) in [5.41, 5.74) is 4.20. The molecule has 5 nitrogen and oxygen atoms in total. The molecular weight excluding hydrogens is 478 g/mol. The van der Waals surface area contributed by atoms with Crippen LogP contribution in [0.15, 0.2) is 87.9 Å². The molecule has 0 bridgehead atoms. The Balaban J connectivity index is 1.67. The van der Waals surface area contributed by atoms with E-state index in [0.717, 1.165) is 33.4 Å². The monoisotopic (exact) mass is 499 g/mol. The first-order chi connectivity index (χ1) is 16.1. The molecule has 0 N–H and O–H groups in total. The number of hydrogen-bond donors (Lipinski definition) is 0. The highest BCUT2D eigenvalue weighted by Gasteiger charge is 2.30. The number of amides is 1. The number of carbonyl (C=O) groups is 1. The average molecular weight is 500 g/mol. The molecule has 0 unspecified atom stereocenters. The number of nitrogens with zero attached hydrogens (tertiary/aromatic N) is 3. The molecule has 3 aromatic rings. The Morgan fingerprint density at radius 2 is 1.85 bits per heavy atom. The van der Waals surface area contributed by atoms with E-state index in [4.69, 9.17) is 4.74 Å². The van der Waals surface area contributed by atoms with E-state index < -0.39 is 0 Å². The van der Waals surface area contributed by atoms with E-state index in [1.165, 1.54) is 5.01 Å². The number of carbonyl (C=O) groups excluding carboxylic acids is 1. The number of hydrogen-bond acceptors (Lipinski definition) is 4. The van der Waals surface area contributed by atoms with Crippen LogP contribution in [0.25, 0.3) is 6.08 Å². The average Bonchev–Trinajstić information content (AvgIpc) is 3.14. The molecule has 6 heteroatoms. The number of nitriles is 1.